The van der Waals surface area contributed by atoms with Gasteiger partial charge in [0.1, 0.15) is 0 Å². The highest BCUT2D eigenvalue weighted by atomic mass is 16.5. The molecule has 2 aliphatic rings. The molecule has 1 unspecified atom stereocenters. The Morgan fingerprint density at radius 1 is 1.35 bits per heavy atom. The normalized spacial score (nSPS) is 26.8. The van der Waals surface area contributed by atoms with E-state index in [0.717, 1.165) is 6.54 Å². The van der Waals surface area contributed by atoms with E-state index in [-0.39, 0.29) is 5.60 Å². The van der Waals surface area contributed by atoms with Gasteiger partial charge in [0.2, 0.25) is 0 Å². The molecule has 1 aliphatic carbocycles. The van der Waals surface area contributed by atoms with Crippen molar-refractivity contribution in [3.05, 3.63) is 30.1 Å². The molecule has 1 saturated heterocycles. The van der Waals surface area contributed by atoms with Crippen molar-refractivity contribution in [2.45, 2.75) is 69.6 Å². The monoisotopic (exact) mass is 274 g/mol. The average Bonchev–Trinajstić information content (AvgIpc) is 2.89. The quantitative estimate of drug-likeness (QED) is 0.910. The number of ether oxygens (including phenoxy) is 1. The number of pyridine rings is 1. The van der Waals surface area contributed by atoms with E-state index in [9.17, 15) is 0 Å². The molecule has 20 heavy (non-hydrogen) atoms. The Kier molecular flexibility index (Phi) is 4.37. The fraction of sp³-hybridized carbons (Fsp3) is 0.706. The maximum atomic E-state index is 6.40. The van der Waals surface area contributed by atoms with E-state index >= 15 is 0 Å². The topological polar surface area (TPSA) is 34.1 Å². The van der Waals surface area contributed by atoms with Crippen molar-refractivity contribution >= 4 is 0 Å². The average molecular weight is 274 g/mol. The first kappa shape index (κ1) is 14.0. The van der Waals surface area contributed by atoms with Gasteiger partial charge >= 0.3 is 0 Å². The van der Waals surface area contributed by atoms with Crippen LogP contribution in [0.1, 0.15) is 63.5 Å². The molecule has 3 nitrogen and oxygen atoms in total. The maximum Gasteiger partial charge on any atom is 0.0708 e. The van der Waals surface area contributed by atoms with Gasteiger partial charge in [-0.15, -0.1) is 0 Å². The van der Waals surface area contributed by atoms with Gasteiger partial charge < -0.3 is 10.1 Å². The molecule has 3 rings (SSSR count). The minimum atomic E-state index is 0.238. The highest BCUT2D eigenvalue weighted by Crippen LogP contribution is 2.41. The number of rotatable bonds is 4. The number of hydrogen-bond acceptors (Lipinski definition) is 3. The SMILES string of the molecule is C[C@H](NCC1CCC2(CCCCC2)O1)c1cccnc1. The van der Waals surface area contributed by atoms with Crippen LogP contribution in [0, 0.1) is 0 Å². The molecule has 1 aliphatic heterocycles. The van der Waals surface area contributed by atoms with Crippen LogP contribution in [0.25, 0.3) is 0 Å². The fourth-order valence-corrected chi connectivity index (χ4v) is 3.66. The second kappa shape index (κ2) is 6.23. The summed E-state index contributed by atoms with van der Waals surface area (Å²) in [5.74, 6) is 0. The molecule has 1 N–H and O–H groups in total. The third-order valence-electron chi connectivity index (χ3n) is 4.94. The first-order valence-electron chi connectivity index (χ1n) is 8.09. The number of hydrogen-bond donors (Lipinski definition) is 1. The van der Waals surface area contributed by atoms with Crippen LogP contribution in [-0.4, -0.2) is 23.2 Å². The van der Waals surface area contributed by atoms with E-state index in [1.54, 1.807) is 0 Å². The van der Waals surface area contributed by atoms with Crippen molar-refractivity contribution in [3.8, 4) is 0 Å². The van der Waals surface area contributed by atoms with Gasteiger partial charge in [-0.3, -0.25) is 4.98 Å². The molecule has 3 heteroatoms. The van der Waals surface area contributed by atoms with Crippen molar-refractivity contribution in [1.29, 1.82) is 0 Å². The predicted octanol–water partition coefficient (Wildman–Crippen LogP) is 3.61. The van der Waals surface area contributed by atoms with Crippen molar-refractivity contribution in [1.82, 2.24) is 10.3 Å². The summed E-state index contributed by atoms with van der Waals surface area (Å²) in [7, 11) is 0. The van der Waals surface area contributed by atoms with Gasteiger partial charge in [0.25, 0.3) is 0 Å². The molecule has 1 aromatic rings. The van der Waals surface area contributed by atoms with Crippen LogP contribution in [0.5, 0.6) is 0 Å². The van der Waals surface area contributed by atoms with Gasteiger partial charge in [-0.1, -0.05) is 25.3 Å². The summed E-state index contributed by atoms with van der Waals surface area (Å²) in [5.41, 5.74) is 1.49. The highest BCUT2D eigenvalue weighted by molar-refractivity contribution is 5.12. The molecule has 2 heterocycles. The molecule has 0 radical (unpaired) electrons. The van der Waals surface area contributed by atoms with Crippen LogP contribution >= 0.6 is 0 Å². The van der Waals surface area contributed by atoms with E-state index in [0.29, 0.717) is 12.1 Å². The van der Waals surface area contributed by atoms with Crippen LogP contribution < -0.4 is 5.32 Å². The fourth-order valence-electron chi connectivity index (χ4n) is 3.66. The first-order chi connectivity index (χ1) is 9.77. The maximum absolute atomic E-state index is 6.40. The molecule has 1 aromatic heterocycles. The Hall–Kier alpha value is -0.930. The molecule has 0 aromatic carbocycles. The van der Waals surface area contributed by atoms with Gasteiger partial charge in [-0.05, 0) is 44.2 Å². The Bertz CT molecular complexity index is 414. The van der Waals surface area contributed by atoms with Gasteiger partial charge in [0, 0.05) is 25.0 Å². The van der Waals surface area contributed by atoms with Crippen molar-refractivity contribution in [2.75, 3.05) is 6.54 Å². The highest BCUT2D eigenvalue weighted by Gasteiger charge is 2.40. The summed E-state index contributed by atoms with van der Waals surface area (Å²) in [6.45, 7) is 3.15. The van der Waals surface area contributed by atoms with Crippen LogP contribution in [0.2, 0.25) is 0 Å². The molecular formula is C17H26N2O. The second-order valence-electron chi connectivity index (χ2n) is 6.44. The van der Waals surface area contributed by atoms with Gasteiger partial charge in [-0.2, -0.15) is 0 Å². The van der Waals surface area contributed by atoms with E-state index in [1.165, 1.54) is 50.5 Å². The predicted molar refractivity (Wildman–Crippen MR) is 80.6 cm³/mol. The smallest absolute Gasteiger partial charge is 0.0708 e. The molecule has 110 valence electrons. The molecule has 2 fully saturated rings. The molecule has 1 spiro atoms. The lowest BCUT2D eigenvalue weighted by atomic mass is 9.83. The second-order valence-corrected chi connectivity index (χ2v) is 6.44. The third kappa shape index (κ3) is 3.21. The summed E-state index contributed by atoms with van der Waals surface area (Å²) in [6, 6.07) is 4.47. The van der Waals surface area contributed by atoms with Crippen LogP contribution in [-0.2, 0) is 4.74 Å². The van der Waals surface area contributed by atoms with Crippen molar-refractivity contribution in [2.24, 2.45) is 0 Å². The molecular weight excluding hydrogens is 248 g/mol. The van der Waals surface area contributed by atoms with E-state index in [4.69, 9.17) is 4.74 Å². The Morgan fingerprint density at radius 3 is 2.95 bits per heavy atom. The lowest BCUT2D eigenvalue weighted by molar-refractivity contribution is -0.0628. The zero-order valence-corrected chi connectivity index (χ0v) is 12.5. The van der Waals surface area contributed by atoms with Crippen LogP contribution in [0.4, 0.5) is 0 Å². The number of nitrogens with zero attached hydrogens (tertiary/aromatic N) is 1. The number of nitrogens with one attached hydrogen (secondary N) is 1. The minimum Gasteiger partial charge on any atom is -0.370 e. The Morgan fingerprint density at radius 2 is 2.20 bits per heavy atom. The van der Waals surface area contributed by atoms with E-state index in [1.807, 2.05) is 18.5 Å². The van der Waals surface area contributed by atoms with Crippen molar-refractivity contribution in [3.63, 3.8) is 0 Å². The lowest BCUT2D eigenvalue weighted by Gasteiger charge is -2.33. The summed E-state index contributed by atoms with van der Waals surface area (Å²) < 4.78 is 6.40. The standard InChI is InChI=1S/C17H26N2O/c1-14(15-6-5-11-18-12-15)19-13-16-7-10-17(20-16)8-3-2-4-9-17/h5-6,11-12,14,16,19H,2-4,7-10,13H2,1H3/t14-,16?/m0/s1. The molecule has 0 bridgehead atoms. The number of aromatic nitrogens is 1. The molecule has 2 atom stereocenters. The zero-order chi connectivity index (χ0) is 13.8. The van der Waals surface area contributed by atoms with Crippen LogP contribution in [0.3, 0.4) is 0 Å². The van der Waals surface area contributed by atoms with Crippen molar-refractivity contribution < 1.29 is 4.74 Å². The Labute approximate surface area is 122 Å². The van der Waals surface area contributed by atoms with E-state index < -0.39 is 0 Å². The lowest BCUT2D eigenvalue weighted by Crippen LogP contribution is -2.35. The van der Waals surface area contributed by atoms with Gasteiger partial charge in [0.15, 0.2) is 0 Å². The van der Waals surface area contributed by atoms with Gasteiger partial charge in [-0.25, -0.2) is 0 Å². The summed E-state index contributed by atoms with van der Waals surface area (Å²) in [5, 5.41) is 3.60. The first-order valence-corrected chi connectivity index (χ1v) is 8.09. The molecule has 0 amide bonds. The van der Waals surface area contributed by atoms with Gasteiger partial charge in [0.05, 0.1) is 11.7 Å². The van der Waals surface area contributed by atoms with Crippen LogP contribution in [0.15, 0.2) is 24.5 Å². The minimum absolute atomic E-state index is 0.238. The van der Waals surface area contributed by atoms with E-state index in [2.05, 4.69) is 23.3 Å². The summed E-state index contributed by atoms with van der Waals surface area (Å²) in [6.07, 6.45) is 13.3. The Balaban J connectivity index is 1.48. The zero-order valence-electron chi connectivity index (χ0n) is 12.5. The molecule has 1 saturated carbocycles. The largest absolute Gasteiger partial charge is 0.370 e. The summed E-state index contributed by atoms with van der Waals surface area (Å²) in [4.78, 5) is 4.18. The third-order valence-corrected chi connectivity index (χ3v) is 4.94. The summed E-state index contributed by atoms with van der Waals surface area (Å²) >= 11 is 0.